The first-order valence-electron chi connectivity index (χ1n) is 8.87. The molecule has 132 valence electrons. The summed E-state index contributed by atoms with van der Waals surface area (Å²) >= 11 is 0. The van der Waals surface area contributed by atoms with Gasteiger partial charge in [-0.25, -0.2) is 9.97 Å². The average Bonchev–Trinajstić information content (AvgIpc) is 2.66. The Morgan fingerprint density at radius 1 is 1.04 bits per heavy atom. The van der Waals surface area contributed by atoms with Crippen LogP contribution < -0.4 is 14.5 Å². The zero-order valence-electron chi connectivity index (χ0n) is 14.5. The van der Waals surface area contributed by atoms with Crippen molar-refractivity contribution in [3.05, 3.63) is 42.4 Å². The Hall–Kier alpha value is -2.34. The molecule has 2 aliphatic rings. The second-order valence-electron chi connectivity index (χ2n) is 6.80. The number of hydrogen-bond acceptors (Lipinski definition) is 6. The van der Waals surface area contributed by atoms with E-state index in [1.165, 1.54) is 5.69 Å². The third kappa shape index (κ3) is 3.39. The van der Waals surface area contributed by atoms with Crippen molar-refractivity contribution in [3.63, 3.8) is 0 Å². The summed E-state index contributed by atoms with van der Waals surface area (Å²) < 4.78 is 5.32. The minimum atomic E-state index is -0.158. The summed E-state index contributed by atoms with van der Waals surface area (Å²) in [5.74, 6) is 2.27. The number of benzene rings is 1. The van der Waals surface area contributed by atoms with E-state index in [4.69, 9.17) is 4.74 Å². The Morgan fingerprint density at radius 2 is 1.80 bits per heavy atom. The molecule has 1 saturated carbocycles. The van der Waals surface area contributed by atoms with E-state index in [2.05, 4.69) is 38.0 Å². The van der Waals surface area contributed by atoms with Gasteiger partial charge >= 0.3 is 0 Å². The second kappa shape index (κ2) is 6.88. The summed E-state index contributed by atoms with van der Waals surface area (Å²) in [6.07, 6.45) is 3.14. The van der Waals surface area contributed by atoms with E-state index in [0.29, 0.717) is 5.92 Å². The van der Waals surface area contributed by atoms with Crippen LogP contribution in [0.2, 0.25) is 0 Å². The summed E-state index contributed by atoms with van der Waals surface area (Å²) in [6.45, 7) is 3.77. The van der Waals surface area contributed by atoms with E-state index in [9.17, 15) is 5.11 Å². The van der Waals surface area contributed by atoms with Gasteiger partial charge in [0.15, 0.2) is 0 Å². The smallest absolute Gasteiger partial charge is 0.132 e. The topological polar surface area (TPSA) is 61.7 Å². The molecule has 2 aromatic rings. The van der Waals surface area contributed by atoms with Gasteiger partial charge in [0.25, 0.3) is 0 Å². The van der Waals surface area contributed by atoms with Crippen LogP contribution >= 0.6 is 0 Å². The van der Waals surface area contributed by atoms with Crippen LogP contribution in [0.3, 0.4) is 0 Å². The highest BCUT2D eigenvalue weighted by atomic mass is 16.5. The fraction of sp³-hybridized carbons (Fsp3) is 0.474. The van der Waals surface area contributed by atoms with Crippen LogP contribution in [0, 0.1) is 0 Å². The van der Waals surface area contributed by atoms with Gasteiger partial charge in [-0.05, 0) is 25.0 Å². The van der Waals surface area contributed by atoms with Crippen molar-refractivity contribution >= 4 is 11.5 Å². The lowest BCUT2D eigenvalue weighted by atomic mass is 9.80. The van der Waals surface area contributed by atoms with E-state index in [0.717, 1.165) is 56.3 Å². The fourth-order valence-electron chi connectivity index (χ4n) is 3.59. The first kappa shape index (κ1) is 16.1. The Morgan fingerprint density at radius 3 is 2.52 bits per heavy atom. The van der Waals surface area contributed by atoms with Crippen LogP contribution in [-0.2, 0) is 0 Å². The highest BCUT2D eigenvalue weighted by molar-refractivity contribution is 5.52. The lowest BCUT2D eigenvalue weighted by molar-refractivity contribution is 0.0732. The monoisotopic (exact) mass is 340 g/mol. The highest BCUT2D eigenvalue weighted by Crippen LogP contribution is 2.36. The van der Waals surface area contributed by atoms with Crippen LogP contribution in [0.15, 0.2) is 36.7 Å². The van der Waals surface area contributed by atoms with E-state index in [1.807, 2.05) is 12.1 Å². The van der Waals surface area contributed by atoms with E-state index >= 15 is 0 Å². The first-order chi connectivity index (χ1) is 12.2. The highest BCUT2D eigenvalue weighted by Gasteiger charge is 2.30. The molecule has 0 unspecified atom stereocenters. The Kier molecular flexibility index (Phi) is 4.44. The molecule has 0 atom stereocenters. The first-order valence-corrected chi connectivity index (χ1v) is 8.87. The maximum Gasteiger partial charge on any atom is 0.132 e. The Bertz CT molecular complexity index is 725. The molecule has 0 bridgehead atoms. The molecular formula is C19H24N4O2. The normalized spacial score (nSPS) is 23.3. The van der Waals surface area contributed by atoms with Gasteiger partial charge < -0.3 is 19.6 Å². The standard InChI is InChI=1S/C19H24N4O2/c1-25-17-4-2-3-15(11-17)22-5-7-23(8-6-22)19-12-18(20-13-21-19)14-9-16(24)10-14/h2-4,11-14,16,24H,5-10H2,1H3. The van der Waals surface area contributed by atoms with Crippen molar-refractivity contribution in [2.24, 2.45) is 0 Å². The molecule has 6 heteroatoms. The number of nitrogens with zero attached hydrogens (tertiary/aromatic N) is 4. The summed E-state index contributed by atoms with van der Waals surface area (Å²) in [5.41, 5.74) is 2.26. The predicted octanol–water partition coefficient (Wildman–Crippen LogP) is 2.05. The molecule has 1 aliphatic heterocycles. The molecule has 0 amide bonds. The zero-order valence-corrected chi connectivity index (χ0v) is 14.5. The van der Waals surface area contributed by atoms with Gasteiger partial charge in [0.1, 0.15) is 17.9 Å². The van der Waals surface area contributed by atoms with Gasteiger partial charge in [-0.3, -0.25) is 0 Å². The van der Waals surface area contributed by atoms with Crippen LogP contribution in [0.1, 0.15) is 24.5 Å². The number of methoxy groups -OCH3 is 1. The summed E-state index contributed by atoms with van der Waals surface area (Å²) in [6, 6.07) is 10.3. The van der Waals surface area contributed by atoms with Gasteiger partial charge in [-0.15, -0.1) is 0 Å². The minimum absolute atomic E-state index is 0.158. The molecule has 0 radical (unpaired) electrons. The van der Waals surface area contributed by atoms with Crippen LogP contribution in [0.4, 0.5) is 11.5 Å². The van der Waals surface area contributed by atoms with E-state index in [-0.39, 0.29) is 6.10 Å². The van der Waals surface area contributed by atoms with E-state index < -0.39 is 0 Å². The largest absolute Gasteiger partial charge is 0.497 e. The number of piperazine rings is 1. The molecule has 1 saturated heterocycles. The van der Waals surface area contributed by atoms with Gasteiger partial charge in [-0.1, -0.05) is 6.07 Å². The quantitative estimate of drug-likeness (QED) is 0.919. The molecule has 1 aliphatic carbocycles. The average molecular weight is 340 g/mol. The molecular weight excluding hydrogens is 316 g/mol. The number of anilines is 2. The molecule has 6 nitrogen and oxygen atoms in total. The number of ether oxygens (including phenoxy) is 1. The van der Waals surface area contributed by atoms with Gasteiger partial charge in [-0.2, -0.15) is 0 Å². The molecule has 25 heavy (non-hydrogen) atoms. The number of aliphatic hydroxyl groups excluding tert-OH is 1. The number of rotatable bonds is 4. The van der Waals surface area contributed by atoms with Crippen molar-refractivity contribution in [1.82, 2.24) is 9.97 Å². The summed E-state index contributed by atoms with van der Waals surface area (Å²) in [5, 5.41) is 9.50. The SMILES string of the molecule is COc1cccc(N2CCN(c3cc(C4CC(O)C4)ncn3)CC2)c1. The molecule has 2 fully saturated rings. The van der Waals surface area contributed by atoms with Gasteiger partial charge in [0, 0.05) is 55.6 Å². The van der Waals surface area contributed by atoms with Gasteiger partial charge in [0.2, 0.25) is 0 Å². The Balaban J connectivity index is 1.41. The summed E-state index contributed by atoms with van der Waals surface area (Å²) in [7, 11) is 1.70. The summed E-state index contributed by atoms with van der Waals surface area (Å²) in [4.78, 5) is 13.6. The number of hydrogen-bond donors (Lipinski definition) is 1. The fourth-order valence-corrected chi connectivity index (χ4v) is 3.59. The molecule has 2 heterocycles. The van der Waals surface area contributed by atoms with Crippen LogP contribution in [0.25, 0.3) is 0 Å². The predicted molar refractivity (Wildman–Crippen MR) is 97.4 cm³/mol. The van der Waals surface area contributed by atoms with E-state index in [1.54, 1.807) is 13.4 Å². The van der Waals surface area contributed by atoms with Crippen molar-refractivity contribution in [1.29, 1.82) is 0 Å². The van der Waals surface area contributed by atoms with Crippen LogP contribution in [0.5, 0.6) is 5.75 Å². The molecule has 0 spiro atoms. The molecule has 4 rings (SSSR count). The maximum absolute atomic E-state index is 9.50. The van der Waals surface area contributed by atoms with Crippen molar-refractivity contribution in [3.8, 4) is 5.75 Å². The number of aliphatic hydroxyl groups is 1. The lowest BCUT2D eigenvalue weighted by Gasteiger charge is -2.37. The second-order valence-corrected chi connectivity index (χ2v) is 6.80. The number of aromatic nitrogens is 2. The third-order valence-electron chi connectivity index (χ3n) is 5.23. The van der Waals surface area contributed by atoms with Crippen molar-refractivity contribution in [2.45, 2.75) is 24.9 Å². The van der Waals surface area contributed by atoms with Crippen molar-refractivity contribution < 1.29 is 9.84 Å². The lowest BCUT2D eigenvalue weighted by Crippen LogP contribution is -2.47. The van der Waals surface area contributed by atoms with Gasteiger partial charge in [0.05, 0.1) is 13.2 Å². The molecule has 1 N–H and O–H groups in total. The van der Waals surface area contributed by atoms with Crippen molar-refractivity contribution in [2.75, 3.05) is 43.1 Å². The Labute approximate surface area is 148 Å². The maximum atomic E-state index is 9.50. The minimum Gasteiger partial charge on any atom is -0.497 e. The zero-order chi connectivity index (χ0) is 17.2. The molecule has 1 aromatic heterocycles. The third-order valence-corrected chi connectivity index (χ3v) is 5.23. The molecule has 1 aromatic carbocycles. The van der Waals surface area contributed by atoms with Crippen LogP contribution in [-0.4, -0.2) is 54.5 Å².